The van der Waals surface area contributed by atoms with Crippen LogP contribution in [0.15, 0.2) is 6.20 Å². The van der Waals surface area contributed by atoms with Gasteiger partial charge < -0.3 is 10.8 Å². The summed E-state index contributed by atoms with van der Waals surface area (Å²) in [6, 6.07) is 0. The molecule has 0 aliphatic heterocycles. The van der Waals surface area contributed by atoms with E-state index >= 15 is 0 Å². The molecule has 1 heterocycles. The van der Waals surface area contributed by atoms with E-state index < -0.39 is 5.60 Å². The van der Waals surface area contributed by atoms with E-state index in [4.69, 9.17) is 17.3 Å². The van der Waals surface area contributed by atoms with Crippen molar-refractivity contribution >= 4 is 17.3 Å². The lowest BCUT2D eigenvalue weighted by Crippen LogP contribution is -2.26. The average molecular weight is 190 g/mol. The van der Waals surface area contributed by atoms with Crippen LogP contribution in [0.5, 0.6) is 0 Å². The Kier molecular flexibility index (Phi) is 2.30. The Balaban J connectivity index is 2.83. The van der Waals surface area contributed by atoms with Crippen LogP contribution in [0.25, 0.3) is 0 Å². The summed E-state index contributed by atoms with van der Waals surface area (Å²) >= 11 is 5.78. The van der Waals surface area contributed by atoms with Crippen molar-refractivity contribution in [2.24, 2.45) is 0 Å². The maximum Gasteiger partial charge on any atom is 0.150 e. The number of aliphatic hydroxyl groups is 1. The Labute approximate surface area is 75.9 Å². The molecule has 0 saturated carbocycles. The normalized spacial score (nSPS) is 12.0. The predicted octanol–water partition coefficient (Wildman–Crippen LogP) is 0.890. The first kappa shape index (κ1) is 9.35. The van der Waals surface area contributed by atoms with Crippen LogP contribution in [0.1, 0.15) is 13.8 Å². The first-order valence-corrected chi connectivity index (χ1v) is 3.97. The average Bonchev–Trinajstić information content (AvgIpc) is 2.16. The number of halogens is 1. The molecule has 0 aliphatic carbocycles. The van der Waals surface area contributed by atoms with Gasteiger partial charge in [0.2, 0.25) is 0 Å². The minimum atomic E-state index is -0.831. The highest BCUT2D eigenvalue weighted by Crippen LogP contribution is 2.19. The number of rotatable bonds is 2. The highest BCUT2D eigenvalue weighted by Gasteiger charge is 2.16. The Morgan fingerprint density at radius 3 is 2.67 bits per heavy atom. The second-order valence-corrected chi connectivity index (χ2v) is 3.72. The van der Waals surface area contributed by atoms with Gasteiger partial charge in [0.1, 0.15) is 5.15 Å². The summed E-state index contributed by atoms with van der Waals surface area (Å²) in [5.74, 6) is 0. The fourth-order valence-corrected chi connectivity index (χ4v) is 1.01. The summed E-state index contributed by atoms with van der Waals surface area (Å²) in [5.41, 5.74) is 5.06. The van der Waals surface area contributed by atoms with Crippen molar-refractivity contribution in [1.82, 2.24) is 9.78 Å². The fourth-order valence-electron chi connectivity index (χ4n) is 0.862. The van der Waals surface area contributed by atoms with Crippen molar-refractivity contribution in [3.63, 3.8) is 0 Å². The number of nitrogens with zero attached hydrogens (tertiary/aromatic N) is 2. The summed E-state index contributed by atoms with van der Waals surface area (Å²) in [5, 5.41) is 13.7. The number of anilines is 1. The third kappa shape index (κ3) is 2.12. The molecule has 0 aromatic carbocycles. The molecular weight excluding hydrogens is 178 g/mol. The van der Waals surface area contributed by atoms with Gasteiger partial charge in [0, 0.05) is 0 Å². The molecule has 0 unspecified atom stereocenters. The zero-order valence-electron chi connectivity index (χ0n) is 7.08. The summed E-state index contributed by atoms with van der Waals surface area (Å²) in [4.78, 5) is 0. The van der Waals surface area contributed by atoms with Crippen LogP contribution in [-0.4, -0.2) is 20.5 Å². The van der Waals surface area contributed by atoms with Gasteiger partial charge in [-0.25, -0.2) is 4.68 Å². The SMILES string of the molecule is CC(C)(O)Cn1ncc(N)c1Cl. The standard InChI is InChI=1S/C7H12ClN3O/c1-7(2,12)4-11-6(8)5(9)3-10-11/h3,12H,4,9H2,1-2H3. The summed E-state index contributed by atoms with van der Waals surface area (Å²) in [7, 11) is 0. The van der Waals surface area contributed by atoms with E-state index in [1.807, 2.05) is 0 Å². The van der Waals surface area contributed by atoms with E-state index in [1.54, 1.807) is 13.8 Å². The molecule has 0 aliphatic rings. The highest BCUT2D eigenvalue weighted by molar-refractivity contribution is 6.31. The van der Waals surface area contributed by atoms with Crippen molar-refractivity contribution in [2.45, 2.75) is 26.0 Å². The van der Waals surface area contributed by atoms with E-state index in [-0.39, 0.29) is 0 Å². The van der Waals surface area contributed by atoms with E-state index in [1.165, 1.54) is 10.9 Å². The van der Waals surface area contributed by atoms with Gasteiger partial charge >= 0.3 is 0 Å². The lowest BCUT2D eigenvalue weighted by molar-refractivity contribution is 0.0578. The molecule has 0 amide bonds. The number of hydrogen-bond donors (Lipinski definition) is 2. The maximum absolute atomic E-state index is 9.44. The molecule has 0 radical (unpaired) electrons. The molecule has 12 heavy (non-hydrogen) atoms. The predicted molar refractivity (Wildman–Crippen MR) is 47.9 cm³/mol. The lowest BCUT2D eigenvalue weighted by Gasteiger charge is -2.17. The van der Waals surface area contributed by atoms with Gasteiger partial charge in [-0.2, -0.15) is 5.10 Å². The first-order chi connectivity index (χ1) is 5.40. The maximum atomic E-state index is 9.44. The van der Waals surface area contributed by atoms with Crippen LogP contribution in [0.2, 0.25) is 5.15 Å². The third-order valence-electron chi connectivity index (χ3n) is 1.34. The van der Waals surface area contributed by atoms with Gasteiger partial charge in [-0.15, -0.1) is 0 Å². The molecule has 3 N–H and O–H groups in total. The fraction of sp³-hybridized carbons (Fsp3) is 0.571. The Bertz CT molecular complexity index is 277. The number of nitrogen functional groups attached to an aromatic ring is 1. The molecule has 4 nitrogen and oxygen atoms in total. The van der Waals surface area contributed by atoms with Gasteiger partial charge in [0.05, 0.1) is 24.0 Å². The smallest absolute Gasteiger partial charge is 0.150 e. The Morgan fingerprint density at radius 2 is 2.33 bits per heavy atom. The molecule has 1 rings (SSSR count). The zero-order valence-corrected chi connectivity index (χ0v) is 7.84. The van der Waals surface area contributed by atoms with Crippen LogP contribution in [-0.2, 0) is 6.54 Å². The van der Waals surface area contributed by atoms with Gasteiger partial charge in [0.25, 0.3) is 0 Å². The van der Waals surface area contributed by atoms with Gasteiger partial charge in [-0.05, 0) is 13.8 Å². The van der Waals surface area contributed by atoms with Crippen molar-refractivity contribution in [3.8, 4) is 0 Å². The molecule has 1 aromatic rings. The van der Waals surface area contributed by atoms with Gasteiger partial charge in [-0.1, -0.05) is 11.6 Å². The molecule has 0 bridgehead atoms. The van der Waals surface area contributed by atoms with Crippen LogP contribution in [0.4, 0.5) is 5.69 Å². The van der Waals surface area contributed by atoms with Crippen molar-refractivity contribution in [1.29, 1.82) is 0 Å². The van der Waals surface area contributed by atoms with Gasteiger partial charge in [-0.3, -0.25) is 0 Å². The topological polar surface area (TPSA) is 64.1 Å². The van der Waals surface area contributed by atoms with Crippen molar-refractivity contribution in [3.05, 3.63) is 11.3 Å². The van der Waals surface area contributed by atoms with E-state index in [0.29, 0.717) is 17.4 Å². The molecule has 5 heteroatoms. The quantitative estimate of drug-likeness (QED) is 0.727. The molecule has 68 valence electrons. The Hall–Kier alpha value is -0.740. The van der Waals surface area contributed by atoms with Crippen LogP contribution in [0.3, 0.4) is 0 Å². The molecule has 0 saturated heterocycles. The van der Waals surface area contributed by atoms with Crippen molar-refractivity contribution in [2.75, 3.05) is 5.73 Å². The van der Waals surface area contributed by atoms with Gasteiger partial charge in [0.15, 0.2) is 0 Å². The van der Waals surface area contributed by atoms with E-state index in [9.17, 15) is 5.11 Å². The number of hydrogen-bond acceptors (Lipinski definition) is 3. The molecule has 0 atom stereocenters. The molecular formula is C7H12ClN3O. The number of aromatic nitrogens is 2. The second kappa shape index (κ2) is 2.95. The summed E-state index contributed by atoms with van der Waals surface area (Å²) in [6.45, 7) is 3.70. The van der Waals surface area contributed by atoms with Crippen LogP contribution >= 0.6 is 11.6 Å². The molecule has 1 aromatic heterocycles. The monoisotopic (exact) mass is 189 g/mol. The van der Waals surface area contributed by atoms with E-state index in [2.05, 4.69) is 5.10 Å². The minimum absolute atomic E-state index is 0.336. The van der Waals surface area contributed by atoms with E-state index in [0.717, 1.165) is 0 Å². The highest BCUT2D eigenvalue weighted by atomic mass is 35.5. The second-order valence-electron chi connectivity index (χ2n) is 3.36. The van der Waals surface area contributed by atoms with Crippen molar-refractivity contribution < 1.29 is 5.11 Å². The van der Waals surface area contributed by atoms with Crippen LogP contribution < -0.4 is 5.73 Å². The first-order valence-electron chi connectivity index (χ1n) is 3.59. The summed E-state index contributed by atoms with van der Waals surface area (Å²) in [6.07, 6.45) is 1.47. The minimum Gasteiger partial charge on any atom is -0.395 e. The summed E-state index contributed by atoms with van der Waals surface area (Å²) < 4.78 is 1.47. The third-order valence-corrected chi connectivity index (χ3v) is 1.75. The largest absolute Gasteiger partial charge is 0.395 e. The molecule has 0 fully saturated rings. The number of nitrogens with two attached hydrogens (primary N) is 1. The lowest BCUT2D eigenvalue weighted by atomic mass is 10.1. The zero-order chi connectivity index (χ0) is 9.35. The van der Waals surface area contributed by atoms with Crippen LogP contribution in [0, 0.1) is 0 Å². The Morgan fingerprint density at radius 1 is 1.75 bits per heavy atom. The molecule has 0 spiro atoms.